The molecule has 0 atom stereocenters. The maximum absolute atomic E-state index is 5.28. The van der Waals surface area contributed by atoms with Crippen LogP contribution in [0, 0.1) is 0 Å². The number of hydrogen-bond donors (Lipinski definition) is 1. The first-order valence-corrected chi connectivity index (χ1v) is 6.93. The Hall–Kier alpha value is -1.42. The topological polar surface area (TPSA) is 33.7 Å². The van der Waals surface area contributed by atoms with E-state index in [4.69, 9.17) is 9.47 Å². The van der Waals surface area contributed by atoms with Gasteiger partial charge in [-0.3, -0.25) is 0 Å². The fourth-order valence-corrected chi connectivity index (χ4v) is 2.02. The van der Waals surface area contributed by atoms with Crippen LogP contribution in [0.25, 0.3) is 0 Å². The minimum absolute atomic E-state index is 0.760. The molecule has 0 fully saturated rings. The molecule has 1 aromatic rings. The molecule has 0 saturated carbocycles. The molecule has 0 spiro atoms. The van der Waals surface area contributed by atoms with Crippen molar-refractivity contribution in [3.63, 3.8) is 0 Å². The monoisotopic (exact) mass is 266 g/mol. The number of hydrogen-bond acceptors (Lipinski definition) is 4. The van der Waals surface area contributed by atoms with Crippen LogP contribution in [0.1, 0.15) is 20.3 Å². The van der Waals surface area contributed by atoms with Gasteiger partial charge in [0.2, 0.25) is 0 Å². The quantitative estimate of drug-likeness (QED) is 0.697. The molecule has 1 aromatic carbocycles. The third-order valence-corrected chi connectivity index (χ3v) is 3.26. The molecule has 0 aliphatic carbocycles. The van der Waals surface area contributed by atoms with Crippen LogP contribution in [-0.2, 0) is 0 Å². The Morgan fingerprint density at radius 3 is 2.32 bits per heavy atom. The Labute approximate surface area is 116 Å². The molecule has 0 aromatic heterocycles. The molecule has 19 heavy (non-hydrogen) atoms. The van der Waals surface area contributed by atoms with Gasteiger partial charge in [-0.1, -0.05) is 13.8 Å². The number of nitrogens with one attached hydrogen (secondary N) is 1. The molecular weight excluding hydrogens is 240 g/mol. The van der Waals surface area contributed by atoms with Crippen molar-refractivity contribution < 1.29 is 9.47 Å². The lowest BCUT2D eigenvalue weighted by Gasteiger charge is -2.18. The minimum Gasteiger partial charge on any atom is -0.493 e. The van der Waals surface area contributed by atoms with E-state index in [-0.39, 0.29) is 0 Å². The van der Waals surface area contributed by atoms with Crippen molar-refractivity contribution in [2.45, 2.75) is 20.3 Å². The molecular formula is C15H26N2O2. The van der Waals surface area contributed by atoms with Gasteiger partial charge in [-0.2, -0.15) is 0 Å². The predicted molar refractivity (Wildman–Crippen MR) is 80.4 cm³/mol. The molecule has 0 unspecified atom stereocenters. The molecule has 0 amide bonds. The number of ether oxygens (including phenoxy) is 2. The van der Waals surface area contributed by atoms with Crippen molar-refractivity contribution in [2.24, 2.45) is 0 Å². The van der Waals surface area contributed by atoms with Gasteiger partial charge in [0.1, 0.15) is 0 Å². The summed E-state index contributed by atoms with van der Waals surface area (Å²) in [6.07, 6.45) is 1.13. The van der Waals surface area contributed by atoms with Crippen molar-refractivity contribution in [1.82, 2.24) is 4.90 Å². The van der Waals surface area contributed by atoms with E-state index in [2.05, 4.69) is 24.1 Å². The Morgan fingerprint density at radius 2 is 1.74 bits per heavy atom. The summed E-state index contributed by atoms with van der Waals surface area (Å²) in [4.78, 5) is 2.43. The number of nitrogens with zero attached hydrogens (tertiary/aromatic N) is 1. The second-order valence-corrected chi connectivity index (χ2v) is 4.38. The zero-order chi connectivity index (χ0) is 14.1. The van der Waals surface area contributed by atoms with E-state index >= 15 is 0 Å². The first kappa shape index (κ1) is 15.6. The average molecular weight is 266 g/mol. The van der Waals surface area contributed by atoms with E-state index in [1.54, 1.807) is 14.2 Å². The summed E-state index contributed by atoms with van der Waals surface area (Å²) in [7, 11) is 3.30. The SMILES string of the molecule is CCN(CC)CCCNc1ccc(OC)c(OC)c1. The van der Waals surface area contributed by atoms with Gasteiger partial charge in [0.05, 0.1) is 14.2 Å². The molecule has 1 N–H and O–H groups in total. The van der Waals surface area contributed by atoms with E-state index in [1.165, 1.54) is 0 Å². The molecule has 1 rings (SSSR count). The molecule has 0 saturated heterocycles. The summed E-state index contributed by atoms with van der Waals surface area (Å²) in [5.41, 5.74) is 1.07. The van der Waals surface area contributed by atoms with Gasteiger partial charge >= 0.3 is 0 Å². The molecule has 0 heterocycles. The van der Waals surface area contributed by atoms with Gasteiger partial charge in [-0.05, 0) is 38.2 Å². The molecule has 0 aliphatic heterocycles. The highest BCUT2D eigenvalue weighted by Gasteiger charge is 2.04. The lowest BCUT2D eigenvalue weighted by Crippen LogP contribution is -2.25. The second-order valence-electron chi connectivity index (χ2n) is 4.38. The predicted octanol–water partition coefficient (Wildman–Crippen LogP) is 2.85. The highest BCUT2D eigenvalue weighted by Crippen LogP contribution is 2.29. The minimum atomic E-state index is 0.760. The number of anilines is 1. The Bertz CT molecular complexity index is 365. The number of rotatable bonds is 9. The third kappa shape index (κ3) is 4.99. The molecule has 0 radical (unpaired) electrons. The van der Waals surface area contributed by atoms with Crippen LogP contribution in [0.5, 0.6) is 11.5 Å². The fraction of sp³-hybridized carbons (Fsp3) is 0.600. The molecule has 4 nitrogen and oxygen atoms in total. The van der Waals surface area contributed by atoms with Gasteiger partial charge in [0.25, 0.3) is 0 Å². The van der Waals surface area contributed by atoms with E-state index < -0.39 is 0 Å². The van der Waals surface area contributed by atoms with Gasteiger partial charge in [0, 0.05) is 18.3 Å². The van der Waals surface area contributed by atoms with Crippen molar-refractivity contribution >= 4 is 5.69 Å². The summed E-state index contributed by atoms with van der Waals surface area (Å²) in [5.74, 6) is 1.52. The van der Waals surface area contributed by atoms with Crippen LogP contribution in [0.3, 0.4) is 0 Å². The number of benzene rings is 1. The number of methoxy groups -OCH3 is 2. The van der Waals surface area contributed by atoms with Crippen LogP contribution < -0.4 is 14.8 Å². The Morgan fingerprint density at radius 1 is 1.05 bits per heavy atom. The van der Waals surface area contributed by atoms with Crippen molar-refractivity contribution in [3.05, 3.63) is 18.2 Å². The maximum Gasteiger partial charge on any atom is 0.162 e. The van der Waals surface area contributed by atoms with Crippen molar-refractivity contribution in [1.29, 1.82) is 0 Å². The lowest BCUT2D eigenvalue weighted by atomic mass is 10.2. The van der Waals surface area contributed by atoms with Crippen LogP contribution >= 0.6 is 0 Å². The van der Waals surface area contributed by atoms with Crippen LogP contribution in [0.15, 0.2) is 18.2 Å². The first-order valence-electron chi connectivity index (χ1n) is 6.93. The summed E-state index contributed by atoms with van der Waals surface area (Å²) in [5, 5.41) is 3.41. The Kier molecular flexibility index (Phi) is 7.11. The van der Waals surface area contributed by atoms with Crippen LogP contribution in [0.2, 0.25) is 0 Å². The van der Waals surface area contributed by atoms with E-state index in [9.17, 15) is 0 Å². The molecule has 4 heteroatoms. The van der Waals surface area contributed by atoms with Crippen molar-refractivity contribution in [2.75, 3.05) is 45.7 Å². The van der Waals surface area contributed by atoms with Gasteiger partial charge in [-0.15, -0.1) is 0 Å². The van der Waals surface area contributed by atoms with E-state index in [0.717, 1.165) is 49.8 Å². The lowest BCUT2D eigenvalue weighted by molar-refractivity contribution is 0.303. The fourth-order valence-electron chi connectivity index (χ4n) is 2.02. The smallest absolute Gasteiger partial charge is 0.162 e. The zero-order valence-electron chi connectivity index (χ0n) is 12.5. The highest BCUT2D eigenvalue weighted by molar-refractivity contribution is 5.54. The van der Waals surface area contributed by atoms with Gasteiger partial charge in [0.15, 0.2) is 11.5 Å². The van der Waals surface area contributed by atoms with Crippen molar-refractivity contribution in [3.8, 4) is 11.5 Å². The third-order valence-electron chi connectivity index (χ3n) is 3.26. The maximum atomic E-state index is 5.28. The van der Waals surface area contributed by atoms with E-state index in [0.29, 0.717) is 0 Å². The summed E-state index contributed by atoms with van der Waals surface area (Å²) < 4.78 is 10.5. The molecule has 108 valence electrons. The Balaban J connectivity index is 2.41. The average Bonchev–Trinajstić information content (AvgIpc) is 2.47. The summed E-state index contributed by atoms with van der Waals surface area (Å²) >= 11 is 0. The van der Waals surface area contributed by atoms with E-state index in [1.807, 2.05) is 18.2 Å². The largest absolute Gasteiger partial charge is 0.493 e. The molecule has 0 aliphatic rings. The second kappa shape index (κ2) is 8.64. The van der Waals surface area contributed by atoms with Crippen LogP contribution in [0.4, 0.5) is 5.69 Å². The first-order chi connectivity index (χ1) is 9.24. The highest BCUT2D eigenvalue weighted by atomic mass is 16.5. The normalized spacial score (nSPS) is 10.6. The van der Waals surface area contributed by atoms with Gasteiger partial charge < -0.3 is 19.7 Å². The molecule has 0 bridgehead atoms. The van der Waals surface area contributed by atoms with Crippen LogP contribution in [-0.4, -0.2) is 45.3 Å². The van der Waals surface area contributed by atoms with Gasteiger partial charge in [-0.25, -0.2) is 0 Å². The zero-order valence-corrected chi connectivity index (χ0v) is 12.5. The standard InChI is InChI=1S/C15H26N2O2/c1-5-17(6-2)11-7-10-16-13-8-9-14(18-3)15(12-13)19-4/h8-9,12,16H,5-7,10-11H2,1-4H3. The summed E-state index contributed by atoms with van der Waals surface area (Å²) in [6, 6.07) is 5.90. The summed E-state index contributed by atoms with van der Waals surface area (Å²) in [6.45, 7) is 8.73.